The third kappa shape index (κ3) is 2.12. The molecule has 0 spiro atoms. The Balaban J connectivity index is 0.00000112. The van der Waals surface area contributed by atoms with Crippen molar-refractivity contribution in [1.29, 1.82) is 0 Å². The summed E-state index contributed by atoms with van der Waals surface area (Å²) in [5, 5.41) is 11.7. The molecule has 2 aromatic rings. The van der Waals surface area contributed by atoms with E-state index in [0.717, 1.165) is 15.6 Å². The molecule has 0 saturated heterocycles. The first-order chi connectivity index (χ1) is 6.72. The van der Waals surface area contributed by atoms with E-state index in [1.807, 2.05) is 11.4 Å². The van der Waals surface area contributed by atoms with Crippen LogP contribution in [0.2, 0.25) is 0 Å². The van der Waals surface area contributed by atoms with Gasteiger partial charge in [-0.25, -0.2) is 4.79 Å². The zero-order valence-electron chi connectivity index (χ0n) is 7.77. The Hall–Kier alpha value is -1.10. The smallest absolute Gasteiger partial charge is 0.335 e. The van der Waals surface area contributed by atoms with Gasteiger partial charge in [-0.2, -0.15) is 0 Å². The Kier molecular flexibility index (Phi) is 3.68. The summed E-state index contributed by atoms with van der Waals surface area (Å²) in [7, 11) is 0. The molecule has 0 aliphatic heterocycles. The van der Waals surface area contributed by atoms with Gasteiger partial charge in [0.05, 0.1) is 5.56 Å². The van der Waals surface area contributed by atoms with Gasteiger partial charge >= 0.3 is 5.97 Å². The number of carboxylic acids is 1. The predicted octanol–water partition coefficient (Wildman–Crippen LogP) is 2.48. The van der Waals surface area contributed by atoms with Crippen LogP contribution in [-0.4, -0.2) is 11.1 Å². The van der Waals surface area contributed by atoms with Crippen LogP contribution in [0.4, 0.5) is 0 Å². The highest BCUT2D eigenvalue weighted by atomic mass is 35.5. The molecule has 0 fully saturated rings. The molecule has 0 amide bonds. The summed E-state index contributed by atoms with van der Waals surface area (Å²) in [6, 6.07) is 5.11. The van der Waals surface area contributed by atoms with Gasteiger partial charge in [0.2, 0.25) is 0 Å². The number of thiophene rings is 1. The highest BCUT2D eigenvalue weighted by Gasteiger charge is 2.07. The van der Waals surface area contributed by atoms with Crippen molar-refractivity contribution >= 4 is 39.8 Å². The third-order valence-electron chi connectivity index (χ3n) is 2.12. The van der Waals surface area contributed by atoms with E-state index < -0.39 is 5.97 Å². The van der Waals surface area contributed by atoms with Gasteiger partial charge in [0.25, 0.3) is 0 Å². The Bertz CT molecular complexity index is 495. The molecule has 3 N–H and O–H groups in total. The molecule has 2 rings (SSSR count). The summed E-state index contributed by atoms with van der Waals surface area (Å²) in [6.45, 7) is 0.447. The second-order valence-corrected chi connectivity index (χ2v) is 3.89. The fourth-order valence-electron chi connectivity index (χ4n) is 1.37. The number of hydrogen-bond acceptors (Lipinski definition) is 3. The average molecular weight is 244 g/mol. The van der Waals surface area contributed by atoms with E-state index in [9.17, 15) is 4.79 Å². The average Bonchev–Trinajstić information content (AvgIpc) is 2.59. The van der Waals surface area contributed by atoms with Crippen LogP contribution in [-0.2, 0) is 6.54 Å². The van der Waals surface area contributed by atoms with Crippen molar-refractivity contribution in [3.05, 3.63) is 34.7 Å². The number of hydrogen-bond donors (Lipinski definition) is 2. The van der Waals surface area contributed by atoms with Crippen LogP contribution < -0.4 is 5.73 Å². The maximum Gasteiger partial charge on any atom is 0.335 e. The summed E-state index contributed by atoms with van der Waals surface area (Å²) in [6.07, 6.45) is 0. The Morgan fingerprint density at radius 3 is 2.80 bits per heavy atom. The van der Waals surface area contributed by atoms with Crippen molar-refractivity contribution in [3.8, 4) is 0 Å². The molecule has 0 atom stereocenters. The SMILES string of the molecule is Cl.NCc1csc2ccc(C(=O)O)cc12. The highest BCUT2D eigenvalue weighted by Crippen LogP contribution is 2.26. The van der Waals surface area contributed by atoms with Crippen LogP contribution >= 0.6 is 23.7 Å². The fourth-order valence-corrected chi connectivity index (χ4v) is 2.33. The van der Waals surface area contributed by atoms with E-state index in [-0.39, 0.29) is 12.4 Å². The molecule has 0 unspecified atom stereocenters. The summed E-state index contributed by atoms with van der Waals surface area (Å²) in [4.78, 5) is 10.7. The lowest BCUT2D eigenvalue weighted by Gasteiger charge is -1.96. The van der Waals surface area contributed by atoms with E-state index in [1.165, 1.54) is 0 Å². The van der Waals surface area contributed by atoms with E-state index in [2.05, 4.69) is 0 Å². The molecular formula is C10H10ClNO2S. The minimum atomic E-state index is -0.902. The largest absolute Gasteiger partial charge is 0.478 e. The molecule has 0 aliphatic carbocycles. The van der Waals surface area contributed by atoms with Gasteiger partial charge in [-0.1, -0.05) is 0 Å². The van der Waals surface area contributed by atoms with Gasteiger partial charge in [-0.15, -0.1) is 23.7 Å². The fraction of sp³-hybridized carbons (Fsp3) is 0.100. The van der Waals surface area contributed by atoms with Crippen molar-refractivity contribution in [1.82, 2.24) is 0 Å². The third-order valence-corrected chi connectivity index (χ3v) is 3.13. The van der Waals surface area contributed by atoms with Crippen molar-refractivity contribution in [3.63, 3.8) is 0 Å². The maximum atomic E-state index is 10.7. The van der Waals surface area contributed by atoms with Gasteiger partial charge in [0.1, 0.15) is 0 Å². The van der Waals surface area contributed by atoms with Crippen LogP contribution in [0.3, 0.4) is 0 Å². The molecule has 1 heterocycles. The lowest BCUT2D eigenvalue weighted by Crippen LogP contribution is -1.97. The molecule has 1 aromatic carbocycles. The molecule has 0 radical (unpaired) electrons. The monoisotopic (exact) mass is 243 g/mol. The minimum Gasteiger partial charge on any atom is -0.478 e. The van der Waals surface area contributed by atoms with E-state index in [1.54, 1.807) is 23.5 Å². The quantitative estimate of drug-likeness (QED) is 0.852. The first-order valence-corrected chi connectivity index (χ1v) is 5.04. The van der Waals surface area contributed by atoms with Crippen LogP contribution in [0, 0.1) is 0 Å². The number of benzene rings is 1. The van der Waals surface area contributed by atoms with Crippen molar-refractivity contribution < 1.29 is 9.90 Å². The lowest BCUT2D eigenvalue weighted by atomic mass is 10.1. The van der Waals surface area contributed by atoms with Gasteiger partial charge in [-0.05, 0) is 34.5 Å². The van der Waals surface area contributed by atoms with Crippen LogP contribution in [0.5, 0.6) is 0 Å². The van der Waals surface area contributed by atoms with Gasteiger partial charge < -0.3 is 10.8 Å². The summed E-state index contributed by atoms with van der Waals surface area (Å²) in [5.74, 6) is -0.902. The molecule has 5 heteroatoms. The minimum absolute atomic E-state index is 0. The molecule has 15 heavy (non-hydrogen) atoms. The predicted molar refractivity (Wildman–Crippen MR) is 63.9 cm³/mol. The molecule has 0 bridgehead atoms. The second kappa shape index (κ2) is 4.61. The number of carbonyl (C=O) groups is 1. The molecule has 0 aliphatic rings. The lowest BCUT2D eigenvalue weighted by molar-refractivity contribution is 0.0697. The number of rotatable bonds is 2. The standard InChI is InChI=1S/C10H9NO2S.ClH/c11-4-7-5-14-9-2-1-6(10(12)13)3-8(7)9;/h1-3,5H,4,11H2,(H,12,13);1H. The Morgan fingerprint density at radius 2 is 2.20 bits per heavy atom. The summed E-state index contributed by atoms with van der Waals surface area (Å²) >= 11 is 1.59. The number of fused-ring (bicyclic) bond motifs is 1. The van der Waals surface area contributed by atoms with Crippen molar-refractivity contribution in [2.45, 2.75) is 6.54 Å². The molecular weight excluding hydrogens is 234 g/mol. The number of nitrogens with two attached hydrogens (primary N) is 1. The zero-order valence-corrected chi connectivity index (χ0v) is 9.40. The number of carboxylic acid groups (broad SMARTS) is 1. The number of halogens is 1. The first-order valence-electron chi connectivity index (χ1n) is 4.16. The maximum absolute atomic E-state index is 10.7. The molecule has 80 valence electrons. The van der Waals surface area contributed by atoms with E-state index in [4.69, 9.17) is 10.8 Å². The summed E-state index contributed by atoms with van der Waals surface area (Å²) < 4.78 is 1.08. The molecule has 3 nitrogen and oxygen atoms in total. The highest BCUT2D eigenvalue weighted by molar-refractivity contribution is 7.17. The second-order valence-electron chi connectivity index (χ2n) is 2.98. The van der Waals surface area contributed by atoms with Crippen LogP contribution in [0.15, 0.2) is 23.6 Å². The van der Waals surface area contributed by atoms with Crippen LogP contribution in [0.1, 0.15) is 15.9 Å². The molecule has 0 saturated carbocycles. The van der Waals surface area contributed by atoms with E-state index in [0.29, 0.717) is 12.1 Å². The first kappa shape index (κ1) is 12.0. The van der Waals surface area contributed by atoms with Gasteiger partial charge in [0.15, 0.2) is 0 Å². The van der Waals surface area contributed by atoms with Gasteiger partial charge in [0, 0.05) is 11.2 Å². The summed E-state index contributed by atoms with van der Waals surface area (Å²) in [5.41, 5.74) is 6.86. The topological polar surface area (TPSA) is 63.3 Å². The number of aromatic carboxylic acids is 1. The van der Waals surface area contributed by atoms with Crippen molar-refractivity contribution in [2.24, 2.45) is 5.73 Å². The normalized spacial score (nSPS) is 9.93. The Morgan fingerprint density at radius 1 is 1.47 bits per heavy atom. The van der Waals surface area contributed by atoms with E-state index >= 15 is 0 Å². The van der Waals surface area contributed by atoms with Crippen LogP contribution in [0.25, 0.3) is 10.1 Å². The van der Waals surface area contributed by atoms with Crippen molar-refractivity contribution in [2.75, 3.05) is 0 Å². The Labute approximate surface area is 96.9 Å². The molecule has 1 aromatic heterocycles. The zero-order chi connectivity index (χ0) is 10.1. The van der Waals surface area contributed by atoms with Gasteiger partial charge in [-0.3, -0.25) is 0 Å².